The normalized spacial score (nSPS) is 15.5. The predicted molar refractivity (Wildman–Crippen MR) is 77.7 cm³/mol. The molecule has 1 aromatic carbocycles. The van der Waals surface area contributed by atoms with Gasteiger partial charge in [-0.2, -0.15) is 5.26 Å². The zero-order valence-electron chi connectivity index (χ0n) is 12.1. The molecule has 0 aliphatic carbocycles. The first-order valence-electron chi connectivity index (χ1n) is 7.02. The number of nitrogens with zero attached hydrogens (tertiary/aromatic N) is 1. The maximum atomic E-state index is 9.65. The predicted octanol–water partition coefficient (Wildman–Crippen LogP) is 3.22. The summed E-state index contributed by atoms with van der Waals surface area (Å²) >= 11 is 0. The average Bonchev–Trinajstić information content (AvgIpc) is 2.48. The molecule has 1 aromatic rings. The molecular formula is C16H24N2O. The number of rotatable bonds is 8. The van der Waals surface area contributed by atoms with Gasteiger partial charge in [-0.3, -0.25) is 5.32 Å². The molecule has 0 heterocycles. The van der Waals surface area contributed by atoms with Crippen LogP contribution in [-0.4, -0.2) is 19.3 Å². The Kier molecular flexibility index (Phi) is 6.55. The van der Waals surface area contributed by atoms with Crippen molar-refractivity contribution < 1.29 is 4.74 Å². The van der Waals surface area contributed by atoms with Crippen LogP contribution in [0.3, 0.4) is 0 Å². The fourth-order valence-electron chi connectivity index (χ4n) is 1.82. The van der Waals surface area contributed by atoms with E-state index in [0.29, 0.717) is 6.61 Å². The van der Waals surface area contributed by atoms with Crippen molar-refractivity contribution in [1.29, 1.82) is 5.26 Å². The lowest BCUT2D eigenvalue weighted by Crippen LogP contribution is -2.46. The number of benzene rings is 1. The second-order valence-corrected chi connectivity index (χ2v) is 4.84. The molecule has 2 unspecified atom stereocenters. The Balaban J connectivity index is 2.92. The lowest BCUT2D eigenvalue weighted by atomic mass is 9.92. The van der Waals surface area contributed by atoms with Crippen LogP contribution in [0.5, 0.6) is 0 Å². The van der Waals surface area contributed by atoms with Gasteiger partial charge in [0, 0.05) is 0 Å². The van der Waals surface area contributed by atoms with Crippen LogP contribution >= 0.6 is 0 Å². The molecule has 0 fully saturated rings. The summed E-state index contributed by atoms with van der Waals surface area (Å²) in [6.45, 7) is 7.39. The number of ether oxygens (including phenoxy) is 1. The summed E-state index contributed by atoms with van der Waals surface area (Å²) in [7, 11) is 0. The van der Waals surface area contributed by atoms with Crippen molar-refractivity contribution in [2.75, 3.05) is 13.2 Å². The number of nitriles is 1. The average molecular weight is 260 g/mol. The molecule has 3 heteroatoms. The van der Waals surface area contributed by atoms with Gasteiger partial charge in [-0.1, -0.05) is 44.2 Å². The van der Waals surface area contributed by atoms with E-state index in [1.807, 2.05) is 37.3 Å². The fourth-order valence-corrected chi connectivity index (χ4v) is 1.82. The first kappa shape index (κ1) is 15.7. The number of hydrogen-bond donors (Lipinski definition) is 1. The van der Waals surface area contributed by atoms with Crippen molar-refractivity contribution >= 4 is 0 Å². The van der Waals surface area contributed by atoms with Crippen LogP contribution in [0.15, 0.2) is 30.3 Å². The van der Waals surface area contributed by atoms with Crippen molar-refractivity contribution in [3.05, 3.63) is 35.9 Å². The molecule has 0 aromatic heterocycles. The summed E-state index contributed by atoms with van der Waals surface area (Å²) < 4.78 is 5.81. The molecule has 0 aliphatic rings. The lowest BCUT2D eigenvalue weighted by molar-refractivity contribution is 0.0308. The lowest BCUT2D eigenvalue weighted by Gasteiger charge is -2.29. The largest absolute Gasteiger partial charge is 0.375 e. The monoisotopic (exact) mass is 260 g/mol. The summed E-state index contributed by atoms with van der Waals surface area (Å²) in [5.41, 5.74) is 0.218. The van der Waals surface area contributed by atoms with Crippen molar-refractivity contribution in [1.82, 2.24) is 5.32 Å². The third-order valence-corrected chi connectivity index (χ3v) is 3.29. The van der Waals surface area contributed by atoms with Crippen molar-refractivity contribution in [3.8, 4) is 6.07 Å². The summed E-state index contributed by atoms with van der Waals surface area (Å²) in [5.74, 6) is 0. The highest BCUT2D eigenvalue weighted by atomic mass is 16.5. The van der Waals surface area contributed by atoms with Crippen LogP contribution in [0.2, 0.25) is 0 Å². The highest BCUT2D eigenvalue weighted by Crippen LogP contribution is 2.22. The van der Waals surface area contributed by atoms with Gasteiger partial charge in [0.2, 0.25) is 0 Å². The molecule has 1 N–H and O–H groups in total. The van der Waals surface area contributed by atoms with E-state index in [1.54, 1.807) is 0 Å². The Morgan fingerprint density at radius 3 is 2.53 bits per heavy atom. The van der Waals surface area contributed by atoms with E-state index in [1.165, 1.54) is 0 Å². The molecule has 0 radical (unpaired) electrons. The van der Waals surface area contributed by atoms with E-state index in [9.17, 15) is 5.26 Å². The molecule has 0 bridgehead atoms. The zero-order valence-corrected chi connectivity index (χ0v) is 12.1. The van der Waals surface area contributed by atoms with Gasteiger partial charge in [-0.15, -0.1) is 0 Å². The van der Waals surface area contributed by atoms with Crippen LogP contribution in [0.25, 0.3) is 0 Å². The van der Waals surface area contributed by atoms with Gasteiger partial charge in [0.05, 0.1) is 18.8 Å². The van der Waals surface area contributed by atoms with E-state index in [-0.39, 0.29) is 6.10 Å². The molecule has 2 atom stereocenters. The third-order valence-electron chi connectivity index (χ3n) is 3.29. The van der Waals surface area contributed by atoms with Gasteiger partial charge in [-0.05, 0) is 31.9 Å². The minimum Gasteiger partial charge on any atom is -0.375 e. The van der Waals surface area contributed by atoms with Crippen LogP contribution in [-0.2, 0) is 10.3 Å². The summed E-state index contributed by atoms with van der Waals surface area (Å²) in [5, 5.41) is 13.0. The first-order valence-corrected chi connectivity index (χ1v) is 7.02. The van der Waals surface area contributed by atoms with Gasteiger partial charge in [-0.25, -0.2) is 0 Å². The smallest absolute Gasteiger partial charge is 0.155 e. The van der Waals surface area contributed by atoms with Gasteiger partial charge in [0.1, 0.15) is 0 Å². The third kappa shape index (κ3) is 4.34. The molecule has 0 saturated carbocycles. The van der Waals surface area contributed by atoms with Gasteiger partial charge >= 0.3 is 0 Å². The molecule has 1 rings (SSSR count). The maximum Gasteiger partial charge on any atom is 0.155 e. The standard InChI is InChI=1S/C16H24N2O/c1-4-11-18-16(12-17,13-19-14(3)5-2)15-9-7-6-8-10-15/h6-10,14,18H,4-5,11,13H2,1-3H3. The summed E-state index contributed by atoms with van der Waals surface area (Å²) in [4.78, 5) is 0. The van der Waals surface area contributed by atoms with Gasteiger partial charge in [0.25, 0.3) is 0 Å². The van der Waals surface area contributed by atoms with Crippen molar-refractivity contribution in [2.45, 2.75) is 45.3 Å². The second kappa shape index (κ2) is 7.93. The van der Waals surface area contributed by atoms with Crippen molar-refractivity contribution in [3.63, 3.8) is 0 Å². The second-order valence-electron chi connectivity index (χ2n) is 4.84. The SMILES string of the molecule is CCCNC(C#N)(COC(C)CC)c1ccccc1. The Hall–Kier alpha value is -1.37. The minimum absolute atomic E-state index is 0.167. The maximum absolute atomic E-state index is 9.65. The molecule has 0 saturated heterocycles. The topological polar surface area (TPSA) is 45.0 Å². The molecule has 19 heavy (non-hydrogen) atoms. The number of hydrogen-bond acceptors (Lipinski definition) is 3. The fraction of sp³-hybridized carbons (Fsp3) is 0.562. The van der Waals surface area contributed by atoms with Crippen molar-refractivity contribution in [2.24, 2.45) is 0 Å². The molecular weight excluding hydrogens is 236 g/mol. The van der Waals surface area contributed by atoms with Crippen LogP contribution in [0.4, 0.5) is 0 Å². The van der Waals surface area contributed by atoms with E-state index in [2.05, 4.69) is 25.2 Å². The van der Waals surface area contributed by atoms with Gasteiger partial charge in [0.15, 0.2) is 5.54 Å². The van der Waals surface area contributed by atoms with E-state index < -0.39 is 5.54 Å². The molecule has 3 nitrogen and oxygen atoms in total. The molecule has 0 aliphatic heterocycles. The zero-order chi connectivity index (χ0) is 14.1. The molecule has 0 amide bonds. The summed E-state index contributed by atoms with van der Waals surface area (Å²) in [6.07, 6.45) is 2.10. The Morgan fingerprint density at radius 1 is 1.32 bits per heavy atom. The van der Waals surface area contributed by atoms with Crippen LogP contribution in [0, 0.1) is 11.3 Å². The van der Waals surface area contributed by atoms with Crippen LogP contribution in [0.1, 0.15) is 39.2 Å². The Labute approximate surface area is 116 Å². The van der Waals surface area contributed by atoms with Gasteiger partial charge < -0.3 is 4.74 Å². The van der Waals surface area contributed by atoms with E-state index in [0.717, 1.165) is 24.9 Å². The molecule has 0 spiro atoms. The molecule has 104 valence electrons. The highest BCUT2D eigenvalue weighted by molar-refractivity contribution is 5.31. The highest BCUT2D eigenvalue weighted by Gasteiger charge is 2.32. The number of nitrogens with one attached hydrogen (secondary N) is 1. The first-order chi connectivity index (χ1) is 9.18. The quantitative estimate of drug-likeness (QED) is 0.780. The summed E-state index contributed by atoms with van der Waals surface area (Å²) in [6, 6.07) is 12.2. The minimum atomic E-state index is -0.749. The van der Waals surface area contributed by atoms with Crippen LogP contribution < -0.4 is 5.32 Å². The van der Waals surface area contributed by atoms with E-state index >= 15 is 0 Å². The Bertz CT molecular complexity index is 399. The van der Waals surface area contributed by atoms with E-state index in [4.69, 9.17) is 4.74 Å². The Morgan fingerprint density at radius 2 is 2.00 bits per heavy atom.